The number of hydrogen-bond donors (Lipinski definition) is 1. The van der Waals surface area contributed by atoms with Crippen LogP contribution in [0.15, 0.2) is 36.1 Å². The van der Waals surface area contributed by atoms with Gasteiger partial charge in [0, 0.05) is 6.42 Å². The largest absolute Gasteiger partial charge is 0.496 e. The van der Waals surface area contributed by atoms with E-state index in [9.17, 15) is 0 Å². The molecule has 0 aliphatic carbocycles. The molecule has 1 heterocycles. The minimum absolute atomic E-state index is 0.146. The summed E-state index contributed by atoms with van der Waals surface area (Å²) < 4.78 is 11.0. The Morgan fingerprint density at radius 3 is 2.65 bits per heavy atom. The summed E-state index contributed by atoms with van der Waals surface area (Å²) in [6.07, 6.45) is 3.15. The van der Waals surface area contributed by atoms with Crippen LogP contribution in [0.5, 0.6) is 5.75 Å². The summed E-state index contributed by atoms with van der Waals surface area (Å²) in [4.78, 5) is 0. The molecular weight excluding hydrogens is 214 g/mol. The van der Waals surface area contributed by atoms with Gasteiger partial charge in [0.25, 0.3) is 0 Å². The molecule has 1 aromatic rings. The summed E-state index contributed by atoms with van der Waals surface area (Å²) >= 11 is 0. The van der Waals surface area contributed by atoms with Gasteiger partial charge in [-0.3, -0.25) is 0 Å². The second kappa shape index (κ2) is 5.73. The molecule has 1 aliphatic rings. The van der Waals surface area contributed by atoms with Gasteiger partial charge in [-0.2, -0.15) is 0 Å². The first-order chi connectivity index (χ1) is 8.35. The Labute approximate surface area is 102 Å². The molecular formula is C14H19NO2. The second-order valence-corrected chi connectivity index (χ2v) is 3.97. The van der Waals surface area contributed by atoms with Crippen molar-refractivity contribution in [1.82, 2.24) is 5.32 Å². The number of benzene rings is 1. The number of ether oxygens (including phenoxy) is 2. The molecule has 1 N–H and O–H groups in total. The molecule has 17 heavy (non-hydrogen) atoms. The lowest BCUT2D eigenvalue weighted by Crippen LogP contribution is -2.18. The normalized spacial score (nSPS) is 16.2. The average molecular weight is 233 g/mol. The zero-order valence-electron chi connectivity index (χ0n) is 10.4. The van der Waals surface area contributed by atoms with Gasteiger partial charge in [0.05, 0.1) is 19.3 Å². The molecule has 3 heteroatoms. The van der Waals surface area contributed by atoms with Crippen LogP contribution in [0, 0.1) is 0 Å². The van der Waals surface area contributed by atoms with Gasteiger partial charge in [0.2, 0.25) is 0 Å². The van der Waals surface area contributed by atoms with Crippen LogP contribution in [0.1, 0.15) is 24.9 Å². The van der Waals surface area contributed by atoms with Crippen molar-refractivity contribution in [3.05, 3.63) is 41.7 Å². The van der Waals surface area contributed by atoms with Crippen LogP contribution >= 0.6 is 0 Å². The van der Waals surface area contributed by atoms with E-state index in [1.54, 1.807) is 0 Å². The van der Waals surface area contributed by atoms with Gasteiger partial charge in [-0.15, -0.1) is 0 Å². The van der Waals surface area contributed by atoms with Crippen molar-refractivity contribution in [2.75, 3.05) is 20.3 Å². The molecule has 92 valence electrons. The van der Waals surface area contributed by atoms with Gasteiger partial charge in [0.15, 0.2) is 0 Å². The molecule has 0 bridgehead atoms. The highest BCUT2D eigenvalue weighted by molar-refractivity contribution is 5.32. The third-order valence-electron chi connectivity index (χ3n) is 2.83. The van der Waals surface area contributed by atoms with E-state index in [4.69, 9.17) is 9.47 Å². The molecule has 2 rings (SSSR count). The van der Waals surface area contributed by atoms with E-state index in [-0.39, 0.29) is 6.04 Å². The molecule has 1 aliphatic heterocycles. The zero-order valence-corrected chi connectivity index (χ0v) is 10.4. The molecule has 0 fully saturated rings. The number of likely N-dealkylation sites (N-methyl/N-ethyl adjacent to an activating group) is 1. The summed E-state index contributed by atoms with van der Waals surface area (Å²) in [7, 11) is 1.95. The van der Waals surface area contributed by atoms with Crippen LogP contribution in [0.4, 0.5) is 0 Å². The molecule has 1 aromatic carbocycles. The Kier molecular flexibility index (Phi) is 4.04. The molecule has 0 saturated carbocycles. The highest BCUT2D eigenvalue weighted by Gasteiger charge is 2.18. The quantitative estimate of drug-likeness (QED) is 0.848. The molecule has 0 aromatic heterocycles. The number of hydrogen-bond acceptors (Lipinski definition) is 3. The summed E-state index contributed by atoms with van der Waals surface area (Å²) in [6.45, 7) is 3.48. The van der Waals surface area contributed by atoms with Crippen molar-refractivity contribution in [1.29, 1.82) is 0 Å². The van der Waals surface area contributed by atoms with Crippen LogP contribution < -0.4 is 10.1 Å². The van der Waals surface area contributed by atoms with Crippen molar-refractivity contribution < 1.29 is 9.47 Å². The second-order valence-electron chi connectivity index (χ2n) is 3.97. The Hall–Kier alpha value is -1.48. The predicted octanol–water partition coefficient (Wildman–Crippen LogP) is 2.65. The van der Waals surface area contributed by atoms with Gasteiger partial charge in [-0.05, 0) is 37.7 Å². The molecule has 0 amide bonds. The SMILES string of the molecule is CCOc1ccc(C(NC)C2=CCCO2)cc1. The average Bonchev–Trinajstić information content (AvgIpc) is 2.86. The summed E-state index contributed by atoms with van der Waals surface area (Å²) in [5.74, 6) is 1.93. The summed E-state index contributed by atoms with van der Waals surface area (Å²) in [5, 5.41) is 3.28. The van der Waals surface area contributed by atoms with E-state index >= 15 is 0 Å². The lowest BCUT2D eigenvalue weighted by atomic mass is 10.0. The van der Waals surface area contributed by atoms with Crippen LogP contribution in [0.3, 0.4) is 0 Å². The van der Waals surface area contributed by atoms with Gasteiger partial charge >= 0.3 is 0 Å². The first-order valence-corrected chi connectivity index (χ1v) is 6.08. The number of nitrogens with one attached hydrogen (secondary N) is 1. The van der Waals surface area contributed by atoms with E-state index in [2.05, 4.69) is 23.5 Å². The Bertz CT molecular complexity index is 384. The van der Waals surface area contributed by atoms with Crippen molar-refractivity contribution >= 4 is 0 Å². The van der Waals surface area contributed by atoms with Crippen molar-refractivity contribution in [2.45, 2.75) is 19.4 Å². The zero-order chi connectivity index (χ0) is 12.1. The molecule has 0 radical (unpaired) electrons. The fraction of sp³-hybridized carbons (Fsp3) is 0.429. The van der Waals surface area contributed by atoms with Crippen LogP contribution in [-0.2, 0) is 4.74 Å². The molecule has 0 saturated heterocycles. The van der Waals surface area contributed by atoms with Crippen molar-refractivity contribution in [2.24, 2.45) is 0 Å². The lowest BCUT2D eigenvalue weighted by molar-refractivity contribution is 0.218. The smallest absolute Gasteiger partial charge is 0.119 e. The van der Waals surface area contributed by atoms with Crippen molar-refractivity contribution in [3.63, 3.8) is 0 Å². The molecule has 3 nitrogen and oxygen atoms in total. The van der Waals surface area contributed by atoms with E-state index in [1.807, 2.05) is 26.1 Å². The van der Waals surface area contributed by atoms with Crippen LogP contribution in [0.25, 0.3) is 0 Å². The Morgan fingerprint density at radius 1 is 1.35 bits per heavy atom. The summed E-state index contributed by atoms with van der Waals surface area (Å²) in [5.41, 5.74) is 1.20. The maximum absolute atomic E-state index is 5.61. The van der Waals surface area contributed by atoms with Crippen molar-refractivity contribution in [3.8, 4) is 5.75 Å². The Morgan fingerprint density at radius 2 is 2.12 bits per heavy atom. The standard InChI is InChI=1S/C14H19NO2/c1-3-16-12-8-6-11(7-9-12)14(15-2)13-5-4-10-17-13/h5-9,14-15H,3-4,10H2,1-2H3. The van der Waals surface area contributed by atoms with Gasteiger partial charge in [-0.25, -0.2) is 0 Å². The topological polar surface area (TPSA) is 30.5 Å². The highest BCUT2D eigenvalue weighted by atomic mass is 16.5. The fourth-order valence-corrected chi connectivity index (χ4v) is 2.03. The molecule has 0 spiro atoms. The fourth-order valence-electron chi connectivity index (χ4n) is 2.03. The highest BCUT2D eigenvalue weighted by Crippen LogP contribution is 2.27. The maximum atomic E-state index is 5.61. The first-order valence-electron chi connectivity index (χ1n) is 6.08. The van der Waals surface area contributed by atoms with Gasteiger partial charge in [0.1, 0.15) is 11.5 Å². The van der Waals surface area contributed by atoms with E-state index < -0.39 is 0 Å². The van der Waals surface area contributed by atoms with E-state index in [0.717, 1.165) is 24.5 Å². The summed E-state index contributed by atoms with van der Waals surface area (Å²) in [6, 6.07) is 8.30. The lowest BCUT2D eigenvalue weighted by Gasteiger charge is -2.18. The third-order valence-corrected chi connectivity index (χ3v) is 2.83. The molecule has 1 unspecified atom stereocenters. The first kappa shape index (κ1) is 12.0. The Balaban J connectivity index is 2.13. The minimum atomic E-state index is 0.146. The molecule has 1 atom stereocenters. The predicted molar refractivity (Wildman–Crippen MR) is 68.1 cm³/mol. The third kappa shape index (κ3) is 2.80. The van der Waals surface area contributed by atoms with Gasteiger partial charge in [-0.1, -0.05) is 12.1 Å². The van der Waals surface area contributed by atoms with E-state index in [0.29, 0.717) is 6.61 Å². The monoisotopic (exact) mass is 233 g/mol. The van der Waals surface area contributed by atoms with Crippen LogP contribution in [0.2, 0.25) is 0 Å². The van der Waals surface area contributed by atoms with Gasteiger partial charge < -0.3 is 14.8 Å². The number of rotatable bonds is 5. The van der Waals surface area contributed by atoms with Crippen LogP contribution in [-0.4, -0.2) is 20.3 Å². The maximum Gasteiger partial charge on any atom is 0.119 e. The minimum Gasteiger partial charge on any atom is -0.496 e. The van der Waals surface area contributed by atoms with E-state index in [1.165, 1.54) is 5.56 Å².